The van der Waals surface area contributed by atoms with Crippen molar-refractivity contribution in [2.45, 2.75) is 6.18 Å². The number of aromatic nitrogens is 2. The number of alkyl halides is 3. The molecular weight excluding hydrogens is 333 g/mol. The van der Waals surface area contributed by atoms with E-state index in [0.29, 0.717) is 0 Å². The molecule has 0 unspecified atom stereocenters. The first kappa shape index (κ1) is 16.6. The molecule has 3 aromatic rings. The molecule has 0 aliphatic heterocycles. The minimum absolute atomic E-state index is 0.209. The molecule has 8 heteroatoms. The van der Waals surface area contributed by atoms with Gasteiger partial charge in [-0.1, -0.05) is 30.3 Å². The molecule has 1 heterocycles. The van der Waals surface area contributed by atoms with E-state index in [2.05, 4.69) is 16.0 Å². The van der Waals surface area contributed by atoms with Crippen molar-refractivity contribution in [3.8, 4) is 5.69 Å². The van der Waals surface area contributed by atoms with Crippen molar-refractivity contribution < 1.29 is 18.0 Å². The fourth-order valence-electron chi connectivity index (χ4n) is 2.20. The van der Waals surface area contributed by atoms with Crippen LogP contribution in [0.15, 0.2) is 67.0 Å². The number of hydrogen-bond donors (Lipinski definition) is 2. The van der Waals surface area contributed by atoms with Gasteiger partial charge in [-0.05, 0) is 24.3 Å². The number of carbonyl (C=O) groups excluding carboxylic acids is 1. The highest BCUT2D eigenvalue weighted by molar-refractivity contribution is 5.94. The molecule has 0 aliphatic rings. The number of hydrazine groups is 1. The minimum Gasteiger partial charge on any atom is -0.298 e. The van der Waals surface area contributed by atoms with Crippen LogP contribution in [-0.4, -0.2) is 15.7 Å². The summed E-state index contributed by atoms with van der Waals surface area (Å²) < 4.78 is 40.3. The molecule has 0 bridgehead atoms. The van der Waals surface area contributed by atoms with Gasteiger partial charge in [0.1, 0.15) is 0 Å². The molecule has 0 saturated carbocycles. The first-order valence-corrected chi connectivity index (χ1v) is 7.28. The van der Waals surface area contributed by atoms with Crippen molar-refractivity contribution >= 4 is 11.6 Å². The van der Waals surface area contributed by atoms with Crippen molar-refractivity contribution in [1.29, 1.82) is 0 Å². The average Bonchev–Trinajstić information content (AvgIpc) is 3.10. The van der Waals surface area contributed by atoms with Crippen molar-refractivity contribution in [2.75, 3.05) is 5.43 Å². The number of nitrogens with one attached hydrogen (secondary N) is 2. The predicted molar refractivity (Wildman–Crippen MR) is 86.1 cm³/mol. The molecule has 3 rings (SSSR count). The Morgan fingerprint density at radius 1 is 1.00 bits per heavy atom. The molecule has 0 saturated heterocycles. The van der Waals surface area contributed by atoms with Gasteiger partial charge in [-0.25, -0.2) is 4.68 Å². The molecular formula is C17H13F3N4O. The summed E-state index contributed by atoms with van der Waals surface area (Å²) in [6.07, 6.45) is -1.70. The quantitative estimate of drug-likeness (QED) is 0.709. The summed E-state index contributed by atoms with van der Waals surface area (Å²) >= 11 is 0. The maximum atomic E-state index is 12.9. The van der Waals surface area contributed by atoms with Crippen molar-refractivity contribution in [1.82, 2.24) is 15.2 Å². The van der Waals surface area contributed by atoms with E-state index in [9.17, 15) is 18.0 Å². The molecule has 0 fully saturated rings. The number of para-hydroxylation sites is 2. The van der Waals surface area contributed by atoms with Gasteiger partial charge in [0.05, 0.1) is 28.7 Å². The van der Waals surface area contributed by atoms with Crippen LogP contribution < -0.4 is 10.9 Å². The second kappa shape index (κ2) is 6.68. The lowest BCUT2D eigenvalue weighted by molar-refractivity contribution is -0.137. The Bertz CT molecular complexity index is 875. The van der Waals surface area contributed by atoms with Crippen LogP contribution in [0.25, 0.3) is 5.69 Å². The molecule has 0 radical (unpaired) electrons. The van der Waals surface area contributed by atoms with Crippen LogP contribution in [0.1, 0.15) is 15.9 Å². The Labute approximate surface area is 141 Å². The lowest BCUT2D eigenvalue weighted by atomic mass is 10.2. The highest BCUT2D eigenvalue weighted by Crippen LogP contribution is 2.34. The SMILES string of the molecule is O=C(NNc1ccccc1C(F)(F)F)c1cnn(-c2ccccc2)c1. The lowest BCUT2D eigenvalue weighted by Gasteiger charge is -2.14. The van der Waals surface area contributed by atoms with Crippen molar-refractivity contribution in [2.24, 2.45) is 0 Å². The summed E-state index contributed by atoms with van der Waals surface area (Å²) in [6.45, 7) is 0. The van der Waals surface area contributed by atoms with E-state index >= 15 is 0 Å². The van der Waals surface area contributed by atoms with Gasteiger partial charge >= 0.3 is 6.18 Å². The van der Waals surface area contributed by atoms with E-state index in [1.165, 1.54) is 35.3 Å². The summed E-state index contributed by atoms with van der Waals surface area (Å²) in [5.41, 5.74) is 4.43. The second-order valence-corrected chi connectivity index (χ2v) is 5.13. The van der Waals surface area contributed by atoms with Gasteiger partial charge in [-0.2, -0.15) is 18.3 Å². The third kappa shape index (κ3) is 3.79. The van der Waals surface area contributed by atoms with E-state index in [4.69, 9.17) is 0 Å². The molecule has 25 heavy (non-hydrogen) atoms. The Balaban J connectivity index is 1.71. The lowest BCUT2D eigenvalue weighted by Crippen LogP contribution is -2.30. The smallest absolute Gasteiger partial charge is 0.298 e. The summed E-state index contributed by atoms with van der Waals surface area (Å²) in [5, 5.41) is 4.07. The number of benzene rings is 2. The van der Waals surface area contributed by atoms with Crippen LogP contribution in [0.4, 0.5) is 18.9 Å². The number of halogens is 3. The summed E-state index contributed by atoms with van der Waals surface area (Å²) in [5.74, 6) is -0.598. The Morgan fingerprint density at radius 3 is 2.40 bits per heavy atom. The molecule has 0 spiro atoms. The highest BCUT2D eigenvalue weighted by atomic mass is 19.4. The number of amides is 1. The molecule has 2 aromatic carbocycles. The van der Waals surface area contributed by atoms with E-state index in [1.807, 2.05) is 30.3 Å². The van der Waals surface area contributed by atoms with Crippen LogP contribution >= 0.6 is 0 Å². The first-order valence-electron chi connectivity index (χ1n) is 7.28. The van der Waals surface area contributed by atoms with Crippen molar-refractivity contribution in [3.63, 3.8) is 0 Å². The number of rotatable bonds is 4. The largest absolute Gasteiger partial charge is 0.418 e. The molecule has 128 valence electrons. The maximum Gasteiger partial charge on any atom is 0.418 e. The zero-order chi connectivity index (χ0) is 17.9. The second-order valence-electron chi connectivity index (χ2n) is 5.13. The van der Waals surface area contributed by atoms with Gasteiger partial charge in [0.15, 0.2) is 0 Å². The van der Waals surface area contributed by atoms with E-state index in [1.54, 1.807) is 0 Å². The molecule has 1 aromatic heterocycles. The molecule has 5 nitrogen and oxygen atoms in total. The van der Waals surface area contributed by atoms with Crippen LogP contribution in [-0.2, 0) is 6.18 Å². The number of hydrogen-bond acceptors (Lipinski definition) is 3. The van der Waals surface area contributed by atoms with Crippen molar-refractivity contribution in [3.05, 3.63) is 78.1 Å². The average molecular weight is 346 g/mol. The van der Waals surface area contributed by atoms with Crippen LogP contribution in [0.2, 0.25) is 0 Å². The van der Waals surface area contributed by atoms with Crippen LogP contribution in [0.3, 0.4) is 0 Å². The van der Waals surface area contributed by atoms with Crippen LogP contribution in [0.5, 0.6) is 0 Å². The summed E-state index contributed by atoms with van der Waals surface area (Å²) in [7, 11) is 0. The van der Waals surface area contributed by atoms with E-state index in [-0.39, 0.29) is 11.3 Å². The molecule has 2 N–H and O–H groups in total. The summed E-state index contributed by atoms with van der Waals surface area (Å²) in [4.78, 5) is 12.1. The third-order valence-electron chi connectivity index (χ3n) is 3.41. The molecule has 0 aliphatic carbocycles. The number of nitrogens with zero attached hydrogens (tertiary/aromatic N) is 2. The zero-order valence-corrected chi connectivity index (χ0v) is 12.8. The van der Waals surface area contributed by atoms with Gasteiger partial charge in [0.25, 0.3) is 5.91 Å². The Kier molecular flexibility index (Phi) is 4.42. The standard InChI is InChI=1S/C17H13F3N4O/c18-17(19,20)14-8-4-5-9-15(14)22-23-16(25)12-10-21-24(11-12)13-6-2-1-3-7-13/h1-11,22H,(H,23,25). The normalized spacial score (nSPS) is 11.2. The highest BCUT2D eigenvalue weighted by Gasteiger charge is 2.33. The molecule has 1 amide bonds. The van der Waals surface area contributed by atoms with Crippen LogP contribution in [0, 0.1) is 0 Å². The van der Waals surface area contributed by atoms with E-state index < -0.39 is 17.6 Å². The Morgan fingerprint density at radius 2 is 1.68 bits per heavy atom. The minimum atomic E-state index is -4.52. The van der Waals surface area contributed by atoms with Gasteiger partial charge in [-0.3, -0.25) is 15.6 Å². The number of carbonyl (C=O) groups is 1. The fraction of sp³-hybridized carbons (Fsp3) is 0.0588. The topological polar surface area (TPSA) is 59.0 Å². The van der Waals surface area contributed by atoms with Gasteiger partial charge in [0, 0.05) is 6.20 Å². The monoisotopic (exact) mass is 346 g/mol. The van der Waals surface area contributed by atoms with Gasteiger partial charge < -0.3 is 0 Å². The summed E-state index contributed by atoms with van der Waals surface area (Å²) in [6, 6.07) is 14.0. The third-order valence-corrected chi connectivity index (χ3v) is 3.41. The van der Waals surface area contributed by atoms with Gasteiger partial charge in [-0.15, -0.1) is 0 Å². The van der Waals surface area contributed by atoms with E-state index in [0.717, 1.165) is 11.8 Å². The van der Waals surface area contributed by atoms with Gasteiger partial charge in [0.2, 0.25) is 0 Å². The zero-order valence-electron chi connectivity index (χ0n) is 12.8. The maximum absolute atomic E-state index is 12.9. The Hall–Kier alpha value is -3.29. The number of anilines is 1. The predicted octanol–water partition coefficient (Wildman–Crippen LogP) is 3.65. The fourth-order valence-corrected chi connectivity index (χ4v) is 2.20. The first-order chi connectivity index (χ1) is 11.9. The molecule has 0 atom stereocenters.